The number of nitrogens with one attached hydrogen (secondary N) is 1. The first-order valence-corrected chi connectivity index (χ1v) is 3.09. The van der Waals surface area contributed by atoms with Crippen LogP contribution in [0, 0.1) is 6.92 Å². The molecular weight excluding hydrogens is 143 g/mol. The van der Waals surface area contributed by atoms with E-state index in [1.54, 1.807) is 6.92 Å². The minimum atomic E-state index is -0.488. The number of H-pyrrole nitrogens is 1. The van der Waals surface area contributed by atoms with Crippen LogP contribution in [0.1, 0.15) is 5.56 Å². The Bertz CT molecular complexity index is 356. The van der Waals surface area contributed by atoms with Crippen molar-refractivity contribution >= 4 is 13.4 Å². The smallest absolute Gasteiger partial charge is 0.311 e. The van der Waals surface area contributed by atoms with Crippen LogP contribution in [-0.2, 0) is 7.05 Å². The van der Waals surface area contributed by atoms with Gasteiger partial charge in [-0.1, -0.05) is 0 Å². The maximum absolute atomic E-state index is 10.9. The quantitative estimate of drug-likeness (QED) is 0.442. The zero-order chi connectivity index (χ0) is 8.59. The van der Waals surface area contributed by atoms with Crippen LogP contribution in [0.15, 0.2) is 9.59 Å². The summed E-state index contributed by atoms with van der Waals surface area (Å²) in [7, 11) is 6.93. The molecule has 0 aliphatic carbocycles. The van der Waals surface area contributed by atoms with Gasteiger partial charge in [0.25, 0.3) is 5.56 Å². The summed E-state index contributed by atoms with van der Waals surface area (Å²) in [6.45, 7) is 1.56. The predicted octanol–water partition coefficient (Wildman–Crippen LogP) is -1.82. The van der Waals surface area contributed by atoms with E-state index in [1.807, 2.05) is 0 Å². The van der Waals surface area contributed by atoms with Gasteiger partial charge in [-0.15, -0.1) is 0 Å². The van der Waals surface area contributed by atoms with Gasteiger partial charge in [-0.05, 0) is 12.5 Å². The highest BCUT2D eigenvalue weighted by Gasteiger charge is 2.01. The summed E-state index contributed by atoms with van der Waals surface area (Å²) in [5.41, 5.74) is -0.338. The number of hydrogen-bond donors (Lipinski definition) is 1. The Morgan fingerprint density at radius 1 is 1.45 bits per heavy atom. The number of aromatic nitrogens is 2. The summed E-state index contributed by atoms with van der Waals surface area (Å²) in [6.07, 6.45) is 0. The summed E-state index contributed by atoms with van der Waals surface area (Å²) >= 11 is 0. The fraction of sp³-hybridized carbons (Fsp3) is 0.333. The molecule has 4 nitrogen and oxygen atoms in total. The van der Waals surface area contributed by atoms with Crippen LogP contribution in [0.5, 0.6) is 0 Å². The third-order valence-electron chi connectivity index (χ3n) is 1.61. The minimum Gasteiger partial charge on any atom is -0.311 e. The number of hydrogen-bond acceptors (Lipinski definition) is 2. The van der Waals surface area contributed by atoms with Crippen molar-refractivity contribution < 1.29 is 0 Å². The first-order valence-electron chi connectivity index (χ1n) is 3.09. The average Bonchev–Trinajstić information content (AvgIpc) is 1.97. The van der Waals surface area contributed by atoms with Crippen LogP contribution in [0.25, 0.3) is 0 Å². The zero-order valence-electron chi connectivity index (χ0n) is 6.34. The van der Waals surface area contributed by atoms with E-state index in [9.17, 15) is 9.59 Å². The van der Waals surface area contributed by atoms with Crippen LogP contribution >= 0.6 is 0 Å². The molecule has 5 heteroatoms. The van der Waals surface area contributed by atoms with Crippen molar-refractivity contribution in [3.63, 3.8) is 0 Å². The van der Waals surface area contributed by atoms with E-state index in [1.165, 1.54) is 11.6 Å². The van der Waals surface area contributed by atoms with Gasteiger partial charge in [-0.3, -0.25) is 9.78 Å². The van der Waals surface area contributed by atoms with Crippen molar-refractivity contribution in [1.29, 1.82) is 0 Å². The minimum absolute atomic E-state index is 0.207. The largest absolute Gasteiger partial charge is 0.327 e. The van der Waals surface area contributed by atoms with Gasteiger partial charge in [-0.2, -0.15) is 0 Å². The lowest BCUT2D eigenvalue weighted by atomic mass is 9.99. The molecule has 0 aliphatic heterocycles. The Balaban J connectivity index is 3.73. The molecule has 2 radical (unpaired) electrons. The van der Waals surface area contributed by atoms with E-state index >= 15 is 0 Å². The van der Waals surface area contributed by atoms with Gasteiger partial charge in [0, 0.05) is 12.6 Å². The van der Waals surface area contributed by atoms with E-state index in [2.05, 4.69) is 4.98 Å². The van der Waals surface area contributed by atoms with Crippen LogP contribution in [0.2, 0.25) is 0 Å². The lowest BCUT2D eigenvalue weighted by molar-refractivity contribution is 0.817. The summed E-state index contributed by atoms with van der Waals surface area (Å²) in [5, 5.41) is 0. The molecule has 56 valence electrons. The standard InChI is InChI=1S/C6H7BN2O2/c1-3-4(7)9(2)6(11)8-5(3)10/h1-2H3,(H,8,10,11). The van der Waals surface area contributed by atoms with Gasteiger partial charge in [0.1, 0.15) is 7.85 Å². The maximum atomic E-state index is 10.9. The second-order valence-corrected chi connectivity index (χ2v) is 2.33. The number of rotatable bonds is 0. The van der Waals surface area contributed by atoms with Gasteiger partial charge in [0.05, 0.1) is 0 Å². The van der Waals surface area contributed by atoms with Crippen LogP contribution < -0.4 is 16.8 Å². The second-order valence-electron chi connectivity index (χ2n) is 2.33. The molecule has 1 heterocycles. The first-order chi connectivity index (χ1) is 5.04. The van der Waals surface area contributed by atoms with Crippen molar-refractivity contribution in [2.75, 3.05) is 0 Å². The lowest BCUT2D eigenvalue weighted by Crippen LogP contribution is -2.41. The Kier molecular flexibility index (Phi) is 1.72. The van der Waals surface area contributed by atoms with Crippen molar-refractivity contribution in [2.24, 2.45) is 7.05 Å². The molecule has 0 aromatic carbocycles. The van der Waals surface area contributed by atoms with Crippen molar-refractivity contribution in [1.82, 2.24) is 9.55 Å². The molecule has 1 N–H and O–H groups in total. The third-order valence-corrected chi connectivity index (χ3v) is 1.61. The fourth-order valence-corrected chi connectivity index (χ4v) is 0.752. The molecule has 0 unspecified atom stereocenters. The first kappa shape index (κ1) is 7.85. The molecule has 0 bridgehead atoms. The highest BCUT2D eigenvalue weighted by molar-refractivity contribution is 6.31. The summed E-state index contributed by atoms with van der Waals surface area (Å²) in [5.74, 6) is 0. The Labute approximate surface area is 64.3 Å². The molecular formula is C6H7BN2O2. The van der Waals surface area contributed by atoms with Crippen LogP contribution in [-0.4, -0.2) is 17.4 Å². The van der Waals surface area contributed by atoms with Gasteiger partial charge in [0.15, 0.2) is 0 Å². The molecule has 0 saturated heterocycles. The average molecular weight is 150 g/mol. The molecule has 0 saturated carbocycles. The normalized spacial score (nSPS) is 10.0. The second kappa shape index (κ2) is 2.41. The van der Waals surface area contributed by atoms with Crippen molar-refractivity contribution in [3.05, 3.63) is 26.4 Å². The summed E-state index contributed by atoms with van der Waals surface area (Å²) in [6, 6.07) is 0. The van der Waals surface area contributed by atoms with E-state index in [-0.39, 0.29) is 5.59 Å². The number of aromatic amines is 1. The third kappa shape index (κ3) is 1.13. The molecule has 1 aromatic rings. The Morgan fingerprint density at radius 2 is 2.00 bits per heavy atom. The highest BCUT2D eigenvalue weighted by atomic mass is 16.2. The summed E-state index contributed by atoms with van der Waals surface area (Å²) < 4.78 is 1.19. The van der Waals surface area contributed by atoms with E-state index in [4.69, 9.17) is 7.85 Å². The maximum Gasteiger partial charge on any atom is 0.327 e. The molecule has 1 rings (SSSR count). The molecule has 1 aromatic heterocycles. The van der Waals surface area contributed by atoms with Crippen molar-refractivity contribution in [3.8, 4) is 0 Å². The molecule has 0 spiro atoms. The lowest BCUT2D eigenvalue weighted by Gasteiger charge is -2.03. The summed E-state index contributed by atoms with van der Waals surface area (Å²) in [4.78, 5) is 23.8. The van der Waals surface area contributed by atoms with Crippen LogP contribution in [0.4, 0.5) is 0 Å². The predicted molar refractivity (Wildman–Crippen MR) is 42.4 cm³/mol. The van der Waals surface area contributed by atoms with Gasteiger partial charge < -0.3 is 4.57 Å². The monoisotopic (exact) mass is 150 g/mol. The number of nitrogens with zero attached hydrogens (tertiary/aromatic N) is 1. The van der Waals surface area contributed by atoms with Crippen molar-refractivity contribution in [2.45, 2.75) is 6.92 Å². The van der Waals surface area contributed by atoms with Gasteiger partial charge in [0.2, 0.25) is 0 Å². The van der Waals surface area contributed by atoms with Gasteiger partial charge >= 0.3 is 5.69 Å². The Hall–Kier alpha value is -1.26. The molecule has 0 atom stereocenters. The zero-order valence-corrected chi connectivity index (χ0v) is 6.34. The van der Waals surface area contributed by atoms with E-state index in [0.717, 1.165) is 0 Å². The van der Waals surface area contributed by atoms with Gasteiger partial charge in [-0.25, -0.2) is 4.79 Å². The van der Waals surface area contributed by atoms with Crippen LogP contribution in [0.3, 0.4) is 0 Å². The molecule has 0 amide bonds. The van der Waals surface area contributed by atoms with E-state index in [0.29, 0.717) is 5.56 Å². The molecule has 0 aliphatic rings. The van der Waals surface area contributed by atoms with E-state index < -0.39 is 11.2 Å². The Morgan fingerprint density at radius 3 is 2.55 bits per heavy atom. The highest BCUT2D eigenvalue weighted by Crippen LogP contribution is 1.73. The fourth-order valence-electron chi connectivity index (χ4n) is 0.752. The molecule has 11 heavy (non-hydrogen) atoms. The molecule has 0 fully saturated rings. The SMILES string of the molecule is [B]c1c(C)c(=O)[nH]c(=O)n1C. The topological polar surface area (TPSA) is 54.9 Å².